The summed E-state index contributed by atoms with van der Waals surface area (Å²) in [5.41, 5.74) is 5.10. The molecule has 1 amide bonds. The number of thiophene rings is 1. The lowest BCUT2D eigenvalue weighted by atomic mass is 10.3. The minimum absolute atomic E-state index is 0.236. The molecule has 0 radical (unpaired) electrons. The lowest BCUT2D eigenvalue weighted by Gasteiger charge is -2.08. The van der Waals surface area contributed by atoms with Gasteiger partial charge in [-0.1, -0.05) is 6.07 Å². The molecule has 1 aromatic heterocycles. The Hall–Kier alpha value is -0.870. The van der Waals surface area contributed by atoms with Crippen molar-refractivity contribution in [1.29, 1.82) is 0 Å². The first-order chi connectivity index (χ1) is 6.20. The van der Waals surface area contributed by atoms with E-state index in [2.05, 4.69) is 11.4 Å². The third kappa shape index (κ3) is 3.57. The molecule has 72 valence electrons. The number of carbonyl (C=O) groups excluding carboxylic acids is 1. The molecule has 0 spiro atoms. The van der Waals surface area contributed by atoms with Gasteiger partial charge in [0, 0.05) is 11.4 Å². The summed E-state index contributed by atoms with van der Waals surface area (Å²) in [5, 5.41) is 5.10. The number of amides is 1. The highest BCUT2D eigenvalue weighted by atomic mass is 32.1. The van der Waals surface area contributed by atoms with Gasteiger partial charge in [-0.2, -0.15) is 0 Å². The van der Waals surface area contributed by atoms with Crippen LogP contribution in [0.2, 0.25) is 0 Å². The van der Waals surface area contributed by atoms with Crippen molar-refractivity contribution in [2.24, 2.45) is 5.73 Å². The molecule has 0 aliphatic rings. The van der Waals surface area contributed by atoms with Crippen molar-refractivity contribution >= 4 is 17.2 Å². The van der Waals surface area contributed by atoms with Crippen molar-refractivity contribution < 1.29 is 4.79 Å². The smallest absolute Gasteiger partial charge is 0.234 e. The van der Waals surface area contributed by atoms with E-state index in [-0.39, 0.29) is 11.9 Å². The maximum absolute atomic E-state index is 10.7. The van der Waals surface area contributed by atoms with Crippen LogP contribution in [0, 0.1) is 0 Å². The van der Waals surface area contributed by atoms with Crippen LogP contribution in [0.5, 0.6) is 0 Å². The lowest BCUT2D eigenvalue weighted by Crippen LogP contribution is -2.39. The van der Waals surface area contributed by atoms with Gasteiger partial charge in [-0.05, 0) is 24.8 Å². The van der Waals surface area contributed by atoms with E-state index in [9.17, 15) is 4.79 Å². The monoisotopic (exact) mass is 198 g/mol. The van der Waals surface area contributed by atoms with E-state index < -0.39 is 0 Å². The molecular weight excluding hydrogens is 184 g/mol. The average molecular weight is 198 g/mol. The largest absolute Gasteiger partial charge is 0.368 e. The number of carbonyl (C=O) groups is 1. The minimum atomic E-state index is -0.300. The standard InChI is InChI=1S/C9H14N2OS/c1-7(9(10)12)11-5-4-8-3-2-6-13-8/h2-3,6-7,11H,4-5H2,1H3,(H2,10,12). The molecule has 0 saturated heterocycles. The molecule has 13 heavy (non-hydrogen) atoms. The van der Waals surface area contributed by atoms with Gasteiger partial charge in [-0.25, -0.2) is 0 Å². The molecule has 0 aliphatic heterocycles. The Morgan fingerprint density at radius 2 is 2.54 bits per heavy atom. The highest BCUT2D eigenvalue weighted by Gasteiger charge is 2.06. The molecule has 0 aliphatic carbocycles. The van der Waals surface area contributed by atoms with Crippen LogP contribution >= 0.6 is 11.3 Å². The second kappa shape index (κ2) is 4.99. The van der Waals surface area contributed by atoms with E-state index in [0.717, 1.165) is 13.0 Å². The highest BCUT2D eigenvalue weighted by molar-refractivity contribution is 7.09. The number of hydrogen-bond donors (Lipinski definition) is 2. The van der Waals surface area contributed by atoms with E-state index in [0.29, 0.717) is 0 Å². The molecule has 4 heteroatoms. The van der Waals surface area contributed by atoms with Crippen LogP contribution in [0.1, 0.15) is 11.8 Å². The van der Waals surface area contributed by atoms with Gasteiger partial charge in [-0.15, -0.1) is 11.3 Å². The Balaban J connectivity index is 2.18. The molecule has 0 aromatic carbocycles. The van der Waals surface area contributed by atoms with Gasteiger partial charge in [0.15, 0.2) is 0 Å². The number of primary amides is 1. The van der Waals surface area contributed by atoms with Crippen LogP contribution in [0.25, 0.3) is 0 Å². The summed E-state index contributed by atoms with van der Waals surface area (Å²) in [6, 6.07) is 3.87. The van der Waals surface area contributed by atoms with Gasteiger partial charge in [0.05, 0.1) is 6.04 Å². The first-order valence-corrected chi connectivity index (χ1v) is 5.13. The Morgan fingerprint density at radius 1 is 1.77 bits per heavy atom. The number of rotatable bonds is 5. The van der Waals surface area contributed by atoms with Crippen molar-refractivity contribution in [3.8, 4) is 0 Å². The second-order valence-electron chi connectivity index (χ2n) is 2.91. The highest BCUT2D eigenvalue weighted by Crippen LogP contribution is 2.08. The van der Waals surface area contributed by atoms with Crippen molar-refractivity contribution in [2.45, 2.75) is 19.4 Å². The van der Waals surface area contributed by atoms with E-state index >= 15 is 0 Å². The fourth-order valence-electron chi connectivity index (χ4n) is 0.967. The second-order valence-corrected chi connectivity index (χ2v) is 3.94. The van der Waals surface area contributed by atoms with Crippen molar-refractivity contribution in [2.75, 3.05) is 6.54 Å². The zero-order chi connectivity index (χ0) is 9.68. The minimum Gasteiger partial charge on any atom is -0.368 e. The molecule has 0 saturated carbocycles. The number of hydrogen-bond acceptors (Lipinski definition) is 3. The topological polar surface area (TPSA) is 55.1 Å². The SMILES string of the molecule is CC(NCCc1cccs1)C(N)=O. The third-order valence-corrected chi connectivity index (χ3v) is 2.76. The van der Waals surface area contributed by atoms with Gasteiger partial charge < -0.3 is 11.1 Å². The molecule has 0 fully saturated rings. The van der Waals surface area contributed by atoms with E-state index in [1.165, 1.54) is 4.88 Å². The number of nitrogens with one attached hydrogen (secondary N) is 1. The fraction of sp³-hybridized carbons (Fsp3) is 0.444. The van der Waals surface area contributed by atoms with Gasteiger partial charge in [-0.3, -0.25) is 4.79 Å². The van der Waals surface area contributed by atoms with Gasteiger partial charge in [0.2, 0.25) is 5.91 Å². The first-order valence-electron chi connectivity index (χ1n) is 4.25. The normalized spacial score (nSPS) is 12.7. The Morgan fingerprint density at radius 3 is 3.08 bits per heavy atom. The van der Waals surface area contributed by atoms with Crippen LogP contribution < -0.4 is 11.1 Å². The molecule has 1 aromatic rings. The predicted molar refractivity (Wildman–Crippen MR) is 54.7 cm³/mol. The first kappa shape index (κ1) is 10.2. The summed E-state index contributed by atoms with van der Waals surface area (Å²) in [7, 11) is 0. The molecule has 0 bridgehead atoms. The number of nitrogens with two attached hydrogens (primary N) is 1. The Labute approximate surface area is 81.9 Å². The van der Waals surface area contributed by atoms with Crippen molar-refractivity contribution in [1.82, 2.24) is 5.32 Å². The van der Waals surface area contributed by atoms with Crippen molar-refractivity contribution in [3.63, 3.8) is 0 Å². The maximum atomic E-state index is 10.7. The van der Waals surface area contributed by atoms with Crippen LogP contribution in [0.4, 0.5) is 0 Å². The van der Waals surface area contributed by atoms with Crippen LogP contribution in [0.15, 0.2) is 17.5 Å². The van der Waals surface area contributed by atoms with E-state index in [1.54, 1.807) is 18.3 Å². The summed E-state index contributed by atoms with van der Waals surface area (Å²) < 4.78 is 0. The van der Waals surface area contributed by atoms with Crippen molar-refractivity contribution in [3.05, 3.63) is 22.4 Å². The molecule has 1 heterocycles. The molecule has 1 rings (SSSR count). The average Bonchev–Trinajstić information content (AvgIpc) is 2.56. The molecule has 3 nitrogen and oxygen atoms in total. The maximum Gasteiger partial charge on any atom is 0.234 e. The Kier molecular flexibility index (Phi) is 3.92. The summed E-state index contributed by atoms with van der Waals surface area (Å²) in [6.07, 6.45) is 0.954. The Bertz CT molecular complexity index is 259. The van der Waals surface area contributed by atoms with Gasteiger partial charge >= 0.3 is 0 Å². The van der Waals surface area contributed by atoms with E-state index in [4.69, 9.17) is 5.73 Å². The zero-order valence-corrected chi connectivity index (χ0v) is 8.43. The van der Waals surface area contributed by atoms with Crippen LogP contribution in [-0.2, 0) is 11.2 Å². The zero-order valence-electron chi connectivity index (χ0n) is 7.62. The van der Waals surface area contributed by atoms with Crippen LogP contribution in [-0.4, -0.2) is 18.5 Å². The molecule has 1 unspecified atom stereocenters. The van der Waals surface area contributed by atoms with E-state index in [1.807, 2.05) is 11.4 Å². The quantitative estimate of drug-likeness (QED) is 0.733. The van der Waals surface area contributed by atoms with Gasteiger partial charge in [0.25, 0.3) is 0 Å². The summed E-state index contributed by atoms with van der Waals surface area (Å²) in [5.74, 6) is -0.300. The third-order valence-electron chi connectivity index (χ3n) is 1.83. The fourth-order valence-corrected chi connectivity index (χ4v) is 1.68. The molecule has 3 N–H and O–H groups in total. The summed E-state index contributed by atoms with van der Waals surface area (Å²) >= 11 is 1.73. The predicted octanol–water partition coefficient (Wildman–Crippen LogP) is 0.754. The molecule has 1 atom stereocenters. The molecular formula is C9H14N2OS. The summed E-state index contributed by atoms with van der Waals surface area (Å²) in [4.78, 5) is 12.0. The lowest BCUT2D eigenvalue weighted by molar-refractivity contribution is -0.119. The van der Waals surface area contributed by atoms with Gasteiger partial charge in [0.1, 0.15) is 0 Å². The van der Waals surface area contributed by atoms with Crippen LogP contribution in [0.3, 0.4) is 0 Å². The summed E-state index contributed by atoms with van der Waals surface area (Å²) in [6.45, 7) is 2.57.